The molecule has 150 valence electrons. The summed E-state index contributed by atoms with van der Waals surface area (Å²) in [7, 11) is 2.09. The summed E-state index contributed by atoms with van der Waals surface area (Å²) in [4.78, 5) is 30.1. The molecule has 0 radical (unpaired) electrons. The fourth-order valence-corrected chi connectivity index (χ4v) is 4.32. The van der Waals surface area contributed by atoms with Gasteiger partial charge in [-0.25, -0.2) is 0 Å². The average Bonchev–Trinajstić information content (AvgIpc) is 3.26. The number of rotatable bonds is 8. The minimum atomic E-state index is -0.342. The molecule has 0 saturated carbocycles. The van der Waals surface area contributed by atoms with Crippen LogP contribution in [0.5, 0.6) is 0 Å². The summed E-state index contributed by atoms with van der Waals surface area (Å²) in [5, 5.41) is 4.95. The third-order valence-corrected chi connectivity index (χ3v) is 5.97. The van der Waals surface area contributed by atoms with Crippen molar-refractivity contribution in [1.29, 1.82) is 0 Å². The number of benzene rings is 1. The van der Waals surface area contributed by atoms with Crippen LogP contribution in [0.15, 0.2) is 47.8 Å². The molecule has 0 aliphatic carbocycles. The maximum Gasteiger partial charge on any atom is 0.264 e. The molecule has 1 aromatic heterocycles. The van der Waals surface area contributed by atoms with Gasteiger partial charge in [-0.2, -0.15) is 0 Å². The first-order valence-electron chi connectivity index (χ1n) is 10.00. The van der Waals surface area contributed by atoms with Gasteiger partial charge in [-0.1, -0.05) is 36.4 Å². The van der Waals surface area contributed by atoms with Crippen LogP contribution in [0.25, 0.3) is 0 Å². The van der Waals surface area contributed by atoms with Crippen molar-refractivity contribution in [3.05, 3.63) is 58.3 Å². The minimum absolute atomic E-state index is 0.0163. The van der Waals surface area contributed by atoms with Crippen LogP contribution in [-0.4, -0.2) is 54.3 Å². The first-order chi connectivity index (χ1) is 13.6. The Morgan fingerprint density at radius 1 is 1.18 bits per heavy atom. The highest BCUT2D eigenvalue weighted by molar-refractivity contribution is 7.12. The van der Waals surface area contributed by atoms with Gasteiger partial charge in [-0.3, -0.25) is 9.59 Å². The van der Waals surface area contributed by atoms with E-state index in [0.29, 0.717) is 18.0 Å². The maximum atomic E-state index is 12.7. The number of nitrogens with one attached hydrogen (secondary N) is 1. The topological polar surface area (TPSA) is 52.7 Å². The van der Waals surface area contributed by atoms with Crippen LogP contribution in [-0.2, 0) is 11.3 Å². The van der Waals surface area contributed by atoms with E-state index in [9.17, 15) is 9.59 Å². The summed E-state index contributed by atoms with van der Waals surface area (Å²) in [6, 6.07) is 13.7. The molecule has 1 aliphatic heterocycles. The fraction of sp³-hybridized carbons (Fsp3) is 0.455. The Balaban J connectivity index is 1.43. The smallest absolute Gasteiger partial charge is 0.264 e. The first-order valence-corrected chi connectivity index (χ1v) is 10.9. The van der Waals surface area contributed by atoms with Gasteiger partial charge in [-0.05, 0) is 56.3 Å². The van der Waals surface area contributed by atoms with Crippen molar-refractivity contribution in [3.63, 3.8) is 0 Å². The standard InChI is InChI=1S/C22H29N3O2S/c1-24(17-18-9-3-2-4-10-18)14-8-13-23-21(26)19-11-5-6-15-25(19)22(27)20-12-7-16-28-20/h2-4,7,9-10,12,16,19H,5-6,8,11,13-15,17H2,1H3,(H,23,26). The number of nitrogens with zero attached hydrogens (tertiary/aromatic N) is 2. The van der Waals surface area contributed by atoms with Crippen LogP contribution in [0.1, 0.15) is 40.9 Å². The molecule has 1 aromatic carbocycles. The highest BCUT2D eigenvalue weighted by Gasteiger charge is 2.32. The zero-order chi connectivity index (χ0) is 19.8. The number of carbonyl (C=O) groups excluding carboxylic acids is 2. The molecule has 3 rings (SSSR count). The number of piperidine rings is 1. The molecule has 1 fully saturated rings. The number of hydrogen-bond donors (Lipinski definition) is 1. The first kappa shape index (κ1) is 20.6. The molecule has 1 atom stereocenters. The van der Waals surface area contributed by atoms with E-state index in [4.69, 9.17) is 0 Å². The highest BCUT2D eigenvalue weighted by Crippen LogP contribution is 2.21. The van der Waals surface area contributed by atoms with Gasteiger partial charge in [0, 0.05) is 19.6 Å². The van der Waals surface area contributed by atoms with E-state index in [1.165, 1.54) is 16.9 Å². The van der Waals surface area contributed by atoms with Crippen LogP contribution in [0.4, 0.5) is 0 Å². The molecule has 2 amide bonds. The normalized spacial score (nSPS) is 16.9. The number of hydrogen-bond acceptors (Lipinski definition) is 4. The lowest BCUT2D eigenvalue weighted by Gasteiger charge is -2.34. The third kappa shape index (κ3) is 5.66. The van der Waals surface area contributed by atoms with E-state index in [2.05, 4.69) is 41.5 Å². The van der Waals surface area contributed by atoms with Crippen molar-refractivity contribution in [3.8, 4) is 0 Å². The largest absolute Gasteiger partial charge is 0.354 e. The monoisotopic (exact) mass is 399 g/mol. The summed E-state index contributed by atoms with van der Waals surface area (Å²) in [5.74, 6) is -0.0345. The summed E-state index contributed by atoms with van der Waals surface area (Å²) in [5.41, 5.74) is 1.29. The zero-order valence-corrected chi connectivity index (χ0v) is 17.3. The van der Waals surface area contributed by atoms with E-state index in [-0.39, 0.29) is 17.9 Å². The molecule has 1 aliphatic rings. The molecule has 1 unspecified atom stereocenters. The predicted molar refractivity (Wildman–Crippen MR) is 113 cm³/mol. The van der Waals surface area contributed by atoms with Crippen molar-refractivity contribution in [2.75, 3.05) is 26.7 Å². The molecule has 28 heavy (non-hydrogen) atoms. The van der Waals surface area contributed by atoms with Crippen LogP contribution < -0.4 is 5.32 Å². The summed E-state index contributed by atoms with van der Waals surface area (Å²) < 4.78 is 0. The summed E-state index contributed by atoms with van der Waals surface area (Å²) >= 11 is 1.44. The van der Waals surface area contributed by atoms with Crippen molar-refractivity contribution < 1.29 is 9.59 Å². The Kier molecular flexibility index (Phi) is 7.62. The van der Waals surface area contributed by atoms with Crippen molar-refractivity contribution >= 4 is 23.2 Å². The van der Waals surface area contributed by atoms with Gasteiger partial charge < -0.3 is 15.1 Å². The molecule has 2 heterocycles. The van der Waals surface area contributed by atoms with Crippen LogP contribution >= 0.6 is 11.3 Å². The lowest BCUT2D eigenvalue weighted by atomic mass is 10.0. The molecule has 5 nitrogen and oxygen atoms in total. The van der Waals surface area contributed by atoms with Crippen LogP contribution in [0, 0.1) is 0 Å². The van der Waals surface area contributed by atoms with E-state index >= 15 is 0 Å². The lowest BCUT2D eigenvalue weighted by molar-refractivity contribution is -0.126. The Morgan fingerprint density at radius 3 is 2.75 bits per heavy atom. The van der Waals surface area contributed by atoms with E-state index in [0.717, 1.165) is 38.8 Å². The molecule has 2 aromatic rings. The lowest BCUT2D eigenvalue weighted by Crippen LogP contribution is -2.52. The second-order valence-corrected chi connectivity index (χ2v) is 8.30. The second kappa shape index (κ2) is 10.4. The van der Waals surface area contributed by atoms with Gasteiger partial charge in [0.15, 0.2) is 0 Å². The number of thiophene rings is 1. The second-order valence-electron chi connectivity index (χ2n) is 7.36. The van der Waals surface area contributed by atoms with Gasteiger partial charge in [0.25, 0.3) is 5.91 Å². The number of amides is 2. The third-order valence-electron chi connectivity index (χ3n) is 5.11. The molecule has 0 bridgehead atoms. The van der Waals surface area contributed by atoms with Crippen molar-refractivity contribution in [1.82, 2.24) is 15.1 Å². The number of carbonyl (C=O) groups is 2. The van der Waals surface area contributed by atoms with Gasteiger partial charge >= 0.3 is 0 Å². The molecular weight excluding hydrogens is 370 g/mol. The van der Waals surface area contributed by atoms with E-state index in [1.807, 2.05) is 23.6 Å². The Hall–Kier alpha value is -2.18. The Labute approximate surface area is 171 Å². The number of likely N-dealkylation sites (tertiary alicyclic amines) is 1. The van der Waals surface area contributed by atoms with Crippen LogP contribution in [0.3, 0.4) is 0 Å². The van der Waals surface area contributed by atoms with Gasteiger partial charge in [-0.15, -0.1) is 11.3 Å². The highest BCUT2D eigenvalue weighted by atomic mass is 32.1. The quantitative estimate of drug-likeness (QED) is 0.693. The van der Waals surface area contributed by atoms with Crippen LogP contribution in [0.2, 0.25) is 0 Å². The molecular formula is C22H29N3O2S. The summed E-state index contributed by atoms with van der Waals surface area (Å²) in [6.45, 7) is 3.11. The van der Waals surface area contributed by atoms with Crippen molar-refractivity contribution in [2.45, 2.75) is 38.3 Å². The minimum Gasteiger partial charge on any atom is -0.354 e. The maximum absolute atomic E-state index is 12.7. The molecule has 1 saturated heterocycles. The fourth-order valence-electron chi connectivity index (χ4n) is 3.64. The SMILES string of the molecule is CN(CCCNC(=O)C1CCCCN1C(=O)c1cccs1)Cc1ccccc1. The van der Waals surface area contributed by atoms with Gasteiger partial charge in [0.1, 0.15) is 6.04 Å². The van der Waals surface area contributed by atoms with Gasteiger partial charge in [0.2, 0.25) is 5.91 Å². The molecule has 0 spiro atoms. The molecule has 6 heteroatoms. The van der Waals surface area contributed by atoms with Crippen molar-refractivity contribution in [2.24, 2.45) is 0 Å². The van der Waals surface area contributed by atoms with E-state index < -0.39 is 0 Å². The van der Waals surface area contributed by atoms with E-state index in [1.54, 1.807) is 4.90 Å². The summed E-state index contributed by atoms with van der Waals surface area (Å²) in [6.07, 6.45) is 3.59. The Morgan fingerprint density at radius 2 is 2.00 bits per heavy atom. The average molecular weight is 400 g/mol. The predicted octanol–water partition coefficient (Wildman–Crippen LogP) is 3.38. The van der Waals surface area contributed by atoms with Gasteiger partial charge in [0.05, 0.1) is 4.88 Å². The zero-order valence-electron chi connectivity index (χ0n) is 16.5. The molecule has 1 N–H and O–H groups in total. The Bertz CT molecular complexity index is 748.